The molecule has 0 unspecified atom stereocenters. The van der Waals surface area contributed by atoms with E-state index in [0.717, 1.165) is 12.4 Å². The van der Waals surface area contributed by atoms with Gasteiger partial charge in [0.1, 0.15) is 18.2 Å². The zero-order chi connectivity index (χ0) is 21.5. The van der Waals surface area contributed by atoms with Crippen molar-refractivity contribution < 1.29 is 9.85 Å². The lowest BCUT2D eigenvalue weighted by Gasteiger charge is -2.09. The summed E-state index contributed by atoms with van der Waals surface area (Å²) in [4.78, 5) is 33.0. The summed E-state index contributed by atoms with van der Waals surface area (Å²) in [5.41, 5.74) is 0.692. The highest BCUT2D eigenvalue weighted by Gasteiger charge is 2.19. The summed E-state index contributed by atoms with van der Waals surface area (Å²) in [6, 6.07) is 11.1. The molecule has 2 N–H and O–H groups in total. The minimum atomic E-state index is -0.570. The number of nitrogens with zero attached hydrogens (tertiary/aromatic N) is 6. The van der Waals surface area contributed by atoms with Gasteiger partial charge in [0.2, 0.25) is 5.95 Å². The zero-order valence-corrected chi connectivity index (χ0v) is 15.3. The summed E-state index contributed by atoms with van der Waals surface area (Å²) in [6.07, 6.45) is 2.27. The maximum Gasteiger partial charge on any atom is 0.313 e. The lowest BCUT2D eigenvalue weighted by molar-refractivity contribution is -0.385. The molecular formula is C18H14N8O4. The predicted octanol–water partition coefficient (Wildman–Crippen LogP) is 2.75. The molecule has 0 amide bonds. The quantitative estimate of drug-likeness (QED) is 0.321. The van der Waals surface area contributed by atoms with E-state index >= 15 is 0 Å². The van der Waals surface area contributed by atoms with E-state index in [1.165, 1.54) is 12.1 Å². The van der Waals surface area contributed by atoms with Crippen molar-refractivity contribution in [3.05, 3.63) is 74.6 Å². The molecule has 30 heavy (non-hydrogen) atoms. The minimum Gasteiger partial charge on any atom is -0.368 e. The number of hydrogen-bond donors (Lipinski definition) is 2. The number of hydrogen-bond acceptors (Lipinski definition) is 10. The van der Waals surface area contributed by atoms with Crippen LogP contribution in [0, 0.1) is 31.6 Å². The van der Waals surface area contributed by atoms with Gasteiger partial charge >= 0.3 is 5.69 Å². The van der Waals surface area contributed by atoms with Crippen LogP contribution in [0.15, 0.2) is 48.8 Å². The second-order valence-electron chi connectivity index (χ2n) is 5.89. The van der Waals surface area contributed by atoms with Gasteiger partial charge in [-0.15, -0.1) is 0 Å². The Bertz CT molecular complexity index is 1110. The smallest absolute Gasteiger partial charge is 0.313 e. The first-order valence-corrected chi connectivity index (χ1v) is 8.58. The second kappa shape index (κ2) is 9.02. The van der Waals surface area contributed by atoms with E-state index in [-0.39, 0.29) is 23.0 Å². The highest BCUT2D eigenvalue weighted by molar-refractivity contribution is 5.70. The molecule has 0 saturated heterocycles. The van der Waals surface area contributed by atoms with Crippen molar-refractivity contribution >= 4 is 23.1 Å². The van der Waals surface area contributed by atoms with Gasteiger partial charge in [0, 0.05) is 24.7 Å². The highest BCUT2D eigenvalue weighted by Crippen LogP contribution is 2.28. The van der Waals surface area contributed by atoms with Crippen LogP contribution in [0.25, 0.3) is 11.3 Å². The Morgan fingerprint density at radius 1 is 0.933 bits per heavy atom. The van der Waals surface area contributed by atoms with Gasteiger partial charge in [-0.25, -0.2) is 15.0 Å². The fourth-order valence-electron chi connectivity index (χ4n) is 2.47. The van der Waals surface area contributed by atoms with Gasteiger partial charge < -0.3 is 10.6 Å². The van der Waals surface area contributed by atoms with E-state index in [4.69, 9.17) is 5.26 Å². The number of anilines is 2. The normalized spacial score (nSPS) is 10.1. The van der Waals surface area contributed by atoms with Crippen LogP contribution in [0.5, 0.6) is 0 Å². The molecule has 3 aromatic rings. The standard InChI is InChI=1S/C18H14N8O4/c19-9-12-1-3-13(4-2-12)17-15(26(29)30)11-23-18(24-17)21-8-7-20-16-6-5-14(10-22-16)25(27)28/h1-6,10-11H,7-8H2,(H,20,22)(H,21,23,24). The molecule has 2 heterocycles. The van der Waals surface area contributed by atoms with E-state index in [1.807, 2.05) is 6.07 Å². The topological polar surface area (TPSA) is 173 Å². The van der Waals surface area contributed by atoms with Crippen molar-refractivity contribution in [3.63, 3.8) is 0 Å². The van der Waals surface area contributed by atoms with Gasteiger partial charge in [0.15, 0.2) is 5.69 Å². The van der Waals surface area contributed by atoms with Gasteiger partial charge in [0.05, 0.1) is 21.5 Å². The molecule has 0 atom stereocenters. The number of nitriles is 1. The molecule has 0 aliphatic rings. The SMILES string of the molecule is N#Cc1ccc(-c2nc(NCCNc3ccc([N+](=O)[O-])cn3)ncc2[N+](=O)[O-])cc1. The van der Waals surface area contributed by atoms with Crippen LogP contribution in [0.3, 0.4) is 0 Å². The number of nitrogens with one attached hydrogen (secondary N) is 2. The van der Waals surface area contributed by atoms with Crippen LogP contribution in [0.2, 0.25) is 0 Å². The molecule has 12 heteroatoms. The molecule has 1 aromatic carbocycles. The Labute approximate surface area is 169 Å². The first kappa shape index (κ1) is 20.1. The van der Waals surface area contributed by atoms with Crippen LogP contribution in [0.4, 0.5) is 23.1 Å². The summed E-state index contributed by atoms with van der Waals surface area (Å²) in [6.45, 7) is 0.765. The van der Waals surface area contributed by atoms with E-state index < -0.39 is 9.85 Å². The Hall–Kier alpha value is -4.66. The first-order chi connectivity index (χ1) is 14.5. The number of aromatic nitrogens is 3. The van der Waals surface area contributed by atoms with Crippen molar-refractivity contribution in [3.8, 4) is 17.3 Å². The molecule has 3 rings (SSSR count). The molecule has 0 spiro atoms. The van der Waals surface area contributed by atoms with E-state index in [2.05, 4.69) is 25.6 Å². The highest BCUT2D eigenvalue weighted by atomic mass is 16.6. The predicted molar refractivity (Wildman–Crippen MR) is 107 cm³/mol. The van der Waals surface area contributed by atoms with E-state index in [0.29, 0.717) is 30.0 Å². The summed E-state index contributed by atoms with van der Waals surface area (Å²) in [5.74, 6) is 0.656. The summed E-state index contributed by atoms with van der Waals surface area (Å²) in [7, 11) is 0. The van der Waals surface area contributed by atoms with Crippen molar-refractivity contribution in [2.24, 2.45) is 0 Å². The summed E-state index contributed by atoms with van der Waals surface area (Å²) in [5, 5.41) is 36.7. The molecule has 0 bridgehead atoms. The van der Waals surface area contributed by atoms with Gasteiger partial charge in [-0.2, -0.15) is 5.26 Å². The Morgan fingerprint density at radius 2 is 1.67 bits per heavy atom. The van der Waals surface area contributed by atoms with E-state index in [9.17, 15) is 20.2 Å². The van der Waals surface area contributed by atoms with Crippen molar-refractivity contribution in [2.75, 3.05) is 23.7 Å². The van der Waals surface area contributed by atoms with Crippen LogP contribution in [0.1, 0.15) is 5.56 Å². The summed E-state index contributed by atoms with van der Waals surface area (Å²) < 4.78 is 0. The van der Waals surface area contributed by atoms with Crippen LogP contribution in [-0.2, 0) is 0 Å². The lowest BCUT2D eigenvalue weighted by Crippen LogP contribution is -2.16. The third-order valence-corrected chi connectivity index (χ3v) is 3.93. The number of rotatable bonds is 8. The largest absolute Gasteiger partial charge is 0.368 e. The van der Waals surface area contributed by atoms with E-state index in [1.54, 1.807) is 24.3 Å². The van der Waals surface area contributed by atoms with Crippen LogP contribution < -0.4 is 10.6 Å². The average molecular weight is 406 g/mol. The zero-order valence-electron chi connectivity index (χ0n) is 15.3. The van der Waals surface area contributed by atoms with Gasteiger partial charge in [-0.3, -0.25) is 20.2 Å². The monoisotopic (exact) mass is 406 g/mol. The van der Waals surface area contributed by atoms with Gasteiger partial charge in [-0.05, 0) is 18.2 Å². The Kier molecular flexibility index (Phi) is 6.04. The molecule has 0 fully saturated rings. The van der Waals surface area contributed by atoms with Crippen molar-refractivity contribution in [1.29, 1.82) is 5.26 Å². The Morgan fingerprint density at radius 3 is 2.27 bits per heavy atom. The fraction of sp³-hybridized carbons (Fsp3) is 0.111. The number of benzene rings is 1. The van der Waals surface area contributed by atoms with Crippen LogP contribution in [-0.4, -0.2) is 37.9 Å². The van der Waals surface area contributed by atoms with Gasteiger partial charge in [0.25, 0.3) is 5.69 Å². The molecule has 0 radical (unpaired) electrons. The van der Waals surface area contributed by atoms with Crippen molar-refractivity contribution in [2.45, 2.75) is 0 Å². The maximum absolute atomic E-state index is 11.3. The maximum atomic E-state index is 11.3. The number of pyridine rings is 1. The average Bonchev–Trinajstić information content (AvgIpc) is 2.77. The summed E-state index contributed by atoms with van der Waals surface area (Å²) >= 11 is 0. The Balaban J connectivity index is 1.66. The van der Waals surface area contributed by atoms with Crippen molar-refractivity contribution in [1.82, 2.24) is 15.0 Å². The molecule has 150 valence electrons. The first-order valence-electron chi connectivity index (χ1n) is 8.58. The fourth-order valence-corrected chi connectivity index (χ4v) is 2.47. The number of nitro groups is 2. The molecule has 0 aliphatic heterocycles. The minimum absolute atomic E-state index is 0.103. The lowest BCUT2D eigenvalue weighted by atomic mass is 10.1. The van der Waals surface area contributed by atoms with Crippen LogP contribution >= 0.6 is 0 Å². The molecule has 0 saturated carbocycles. The molecule has 12 nitrogen and oxygen atoms in total. The van der Waals surface area contributed by atoms with Gasteiger partial charge in [-0.1, -0.05) is 12.1 Å². The molecular weight excluding hydrogens is 392 g/mol. The molecule has 0 aliphatic carbocycles. The third-order valence-electron chi connectivity index (χ3n) is 3.93. The molecule has 2 aromatic heterocycles. The second-order valence-corrected chi connectivity index (χ2v) is 5.89. The third kappa shape index (κ3) is 4.78.